The minimum Gasteiger partial charge on any atom is -0.456 e. The molecule has 0 atom stereocenters. The smallest absolute Gasteiger partial charge is 0.344 e. The third-order valence-electron chi connectivity index (χ3n) is 6.50. The van der Waals surface area contributed by atoms with Gasteiger partial charge in [-0.1, -0.05) is 6.92 Å². The van der Waals surface area contributed by atoms with Gasteiger partial charge in [0.2, 0.25) is 0 Å². The van der Waals surface area contributed by atoms with Crippen LogP contribution in [0.5, 0.6) is 0 Å². The van der Waals surface area contributed by atoms with E-state index in [0.717, 1.165) is 17.9 Å². The van der Waals surface area contributed by atoms with Crippen molar-refractivity contribution in [2.45, 2.75) is 45.1 Å². The maximum absolute atomic E-state index is 12.8. The van der Waals surface area contributed by atoms with Gasteiger partial charge in [-0.2, -0.15) is 5.01 Å². The number of hydrazine groups is 1. The highest BCUT2D eigenvalue weighted by Crippen LogP contribution is 2.35. The van der Waals surface area contributed by atoms with Crippen molar-refractivity contribution in [3.8, 4) is 0 Å². The van der Waals surface area contributed by atoms with Crippen LogP contribution in [0.25, 0.3) is 0 Å². The molecule has 0 radical (unpaired) electrons. The number of hydrogen-bond acceptors (Lipinski definition) is 6. The third kappa shape index (κ3) is 4.30. The molecule has 1 aliphatic carbocycles. The number of aryl methyl sites for hydroxylation is 1. The van der Waals surface area contributed by atoms with E-state index in [1.807, 2.05) is 4.90 Å². The van der Waals surface area contributed by atoms with E-state index in [2.05, 4.69) is 17.7 Å². The molecule has 0 bridgehead atoms. The quantitative estimate of drug-likeness (QED) is 0.684. The van der Waals surface area contributed by atoms with Gasteiger partial charge in [0.15, 0.2) is 5.76 Å². The second-order valence-corrected chi connectivity index (χ2v) is 8.85. The molecule has 3 fully saturated rings. The van der Waals surface area contributed by atoms with Crippen LogP contribution in [-0.2, 0) is 9.59 Å². The highest BCUT2D eigenvalue weighted by molar-refractivity contribution is 6.08. The largest absolute Gasteiger partial charge is 0.456 e. The Kier molecular flexibility index (Phi) is 5.74. The number of carbonyl (C=O) groups is 4. The topological polar surface area (TPSA) is 115 Å². The first-order valence-corrected chi connectivity index (χ1v) is 10.8. The van der Waals surface area contributed by atoms with Crippen LogP contribution in [0.3, 0.4) is 0 Å². The molecule has 4 rings (SSSR count). The van der Waals surface area contributed by atoms with E-state index in [4.69, 9.17) is 4.42 Å². The number of amides is 5. The first-order valence-electron chi connectivity index (χ1n) is 10.8. The van der Waals surface area contributed by atoms with E-state index in [1.54, 1.807) is 24.0 Å². The molecule has 2 aliphatic heterocycles. The zero-order valence-corrected chi connectivity index (χ0v) is 18.0. The zero-order chi connectivity index (χ0) is 22.2. The van der Waals surface area contributed by atoms with Crippen molar-refractivity contribution in [3.05, 3.63) is 23.7 Å². The number of urea groups is 1. The van der Waals surface area contributed by atoms with Crippen LogP contribution < -0.4 is 10.7 Å². The number of piperazine rings is 1. The first kappa shape index (κ1) is 21.4. The number of hydrogen-bond donors (Lipinski definition) is 2. The Hall–Kier alpha value is -2.88. The number of carbonyl (C=O) groups excluding carboxylic acids is 4. The van der Waals surface area contributed by atoms with Gasteiger partial charge in [-0.3, -0.25) is 24.7 Å². The van der Waals surface area contributed by atoms with E-state index >= 15 is 0 Å². The summed E-state index contributed by atoms with van der Waals surface area (Å²) in [6.07, 6.45) is 2.93. The van der Waals surface area contributed by atoms with Crippen molar-refractivity contribution in [2.24, 2.45) is 5.92 Å². The Morgan fingerprint density at radius 3 is 2.45 bits per heavy atom. The van der Waals surface area contributed by atoms with E-state index in [1.165, 1.54) is 0 Å². The summed E-state index contributed by atoms with van der Waals surface area (Å²) in [6, 6.07) is 2.84. The molecular weight excluding hydrogens is 402 g/mol. The van der Waals surface area contributed by atoms with Gasteiger partial charge in [0.25, 0.3) is 17.7 Å². The average molecular weight is 431 g/mol. The summed E-state index contributed by atoms with van der Waals surface area (Å²) in [5.41, 5.74) is 1.58. The highest BCUT2D eigenvalue weighted by Gasteiger charge is 2.52. The molecule has 31 heavy (non-hydrogen) atoms. The number of imide groups is 1. The summed E-state index contributed by atoms with van der Waals surface area (Å²) in [5.74, 6) is 0.565. The lowest BCUT2D eigenvalue weighted by atomic mass is 9.77. The Morgan fingerprint density at radius 1 is 1.16 bits per heavy atom. The second-order valence-electron chi connectivity index (χ2n) is 8.85. The molecular formula is C21H29N5O5. The molecule has 10 heteroatoms. The number of nitrogens with one attached hydrogen (secondary N) is 2. The van der Waals surface area contributed by atoms with Gasteiger partial charge < -0.3 is 14.6 Å². The Bertz CT molecular complexity index is 880. The molecule has 3 heterocycles. The molecule has 2 saturated heterocycles. The maximum Gasteiger partial charge on any atom is 0.344 e. The zero-order valence-electron chi connectivity index (χ0n) is 18.0. The van der Waals surface area contributed by atoms with Gasteiger partial charge in [0.05, 0.1) is 6.54 Å². The van der Waals surface area contributed by atoms with Gasteiger partial charge in [0.1, 0.15) is 11.3 Å². The van der Waals surface area contributed by atoms with Crippen molar-refractivity contribution in [3.63, 3.8) is 0 Å². The van der Waals surface area contributed by atoms with Gasteiger partial charge >= 0.3 is 6.03 Å². The van der Waals surface area contributed by atoms with Crippen LogP contribution >= 0.6 is 0 Å². The van der Waals surface area contributed by atoms with Crippen molar-refractivity contribution in [2.75, 3.05) is 32.7 Å². The lowest BCUT2D eigenvalue weighted by Gasteiger charge is -2.34. The normalized spacial score (nSPS) is 27.0. The van der Waals surface area contributed by atoms with E-state index in [0.29, 0.717) is 56.5 Å². The molecule has 1 aromatic rings. The van der Waals surface area contributed by atoms with Crippen molar-refractivity contribution >= 4 is 23.8 Å². The fourth-order valence-corrected chi connectivity index (χ4v) is 4.49. The average Bonchev–Trinajstić information content (AvgIpc) is 3.27. The molecule has 0 aromatic carbocycles. The lowest BCUT2D eigenvalue weighted by Crippen LogP contribution is -2.55. The maximum atomic E-state index is 12.8. The number of nitrogens with zero attached hydrogens (tertiary/aromatic N) is 3. The molecule has 168 valence electrons. The fraction of sp³-hybridized carbons (Fsp3) is 0.619. The van der Waals surface area contributed by atoms with Gasteiger partial charge in [0, 0.05) is 26.2 Å². The van der Waals surface area contributed by atoms with Crippen LogP contribution in [0.4, 0.5) is 4.79 Å². The van der Waals surface area contributed by atoms with Crippen LogP contribution in [0.2, 0.25) is 0 Å². The van der Waals surface area contributed by atoms with Gasteiger partial charge in [-0.25, -0.2) is 4.79 Å². The monoisotopic (exact) mass is 431 g/mol. The van der Waals surface area contributed by atoms with Crippen LogP contribution in [0, 0.1) is 12.8 Å². The lowest BCUT2D eigenvalue weighted by molar-refractivity contribution is -0.140. The molecule has 1 aromatic heterocycles. The molecule has 0 unspecified atom stereocenters. The first-order chi connectivity index (χ1) is 14.8. The summed E-state index contributed by atoms with van der Waals surface area (Å²) in [5, 5.41) is 3.62. The summed E-state index contributed by atoms with van der Waals surface area (Å²) < 4.78 is 5.39. The minimum absolute atomic E-state index is 0.0446. The summed E-state index contributed by atoms with van der Waals surface area (Å²) in [6.45, 7) is 5.93. The van der Waals surface area contributed by atoms with E-state index in [-0.39, 0.29) is 18.4 Å². The Morgan fingerprint density at radius 2 is 1.84 bits per heavy atom. The summed E-state index contributed by atoms with van der Waals surface area (Å²) in [7, 11) is 0. The Balaban J connectivity index is 1.26. The van der Waals surface area contributed by atoms with Gasteiger partial charge in [-0.15, -0.1) is 0 Å². The molecule has 5 amide bonds. The van der Waals surface area contributed by atoms with Crippen molar-refractivity contribution in [1.29, 1.82) is 0 Å². The van der Waals surface area contributed by atoms with Crippen LogP contribution in [0.1, 0.15) is 48.9 Å². The molecule has 1 spiro atoms. The van der Waals surface area contributed by atoms with Crippen molar-refractivity contribution in [1.82, 2.24) is 25.6 Å². The molecule has 2 N–H and O–H groups in total. The minimum atomic E-state index is -0.882. The Labute approximate surface area is 180 Å². The predicted octanol–water partition coefficient (Wildman–Crippen LogP) is 0.878. The van der Waals surface area contributed by atoms with Crippen LogP contribution in [0.15, 0.2) is 16.5 Å². The number of furan rings is 1. The third-order valence-corrected chi connectivity index (χ3v) is 6.50. The van der Waals surface area contributed by atoms with E-state index in [9.17, 15) is 19.2 Å². The summed E-state index contributed by atoms with van der Waals surface area (Å²) in [4.78, 5) is 53.7. The predicted molar refractivity (Wildman–Crippen MR) is 110 cm³/mol. The standard InChI is InChI=1S/C21H29N5O5/c1-14-5-7-21(8-6-14)19(29)26(20(30)22-21)23-17(27)13-24-9-11-25(12-10-24)18(28)16-4-3-15(2)31-16/h3-4,14H,5-13H2,1-2H3,(H,22,30)(H,23,27). The number of rotatable bonds is 4. The SMILES string of the molecule is Cc1ccc(C(=O)N2CCN(CC(=O)NN3C(=O)NC4(CCC(C)CC4)C3=O)CC2)o1. The van der Waals surface area contributed by atoms with E-state index < -0.39 is 17.5 Å². The molecule has 10 nitrogen and oxygen atoms in total. The molecule has 3 aliphatic rings. The highest BCUT2D eigenvalue weighted by atomic mass is 16.3. The summed E-state index contributed by atoms with van der Waals surface area (Å²) >= 11 is 0. The van der Waals surface area contributed by atoms with Gasteiger partial charge in [-0.05, 0) is 50.7 Å². The fourth-order valence-electron chi connectivity index (χ4n) is 4.49. The van der Waals surface area contributed by atoms with Crippen LogP contribution in [-0.4, -0.2) is 76.8 Å². The van der Waals surface area contributed by atoms with Crippen molar-refractivity contribution < 1.29 is 23.6 Å². The molecule has 1 saturated carbocycles. The second kappa shape index (κ2) is 8.33.